The van der Waals surface area contributed by atoms with Crippen molar-refractivity contribution in [2.75, 3.05) is 20.0 Å². The molecular formula is C11H18O4. The second-order valence-corrected chi connectivity index (χ2v) is 4.10. The highest BCUT2D eigenvalue weighted by atomic mass is 16.7. The van der Waals surface area contributed by atoms with Gasteiger partial charge in [0, 0.05) is 12.8 Å². The molecule has 1 fully saturated rings. The number of hydrogen-bond acceptors (Lipinski definition) is 4. The van der Waals surface area contributed by atoms with Gasteiger partial charge in [-0.05, 0) is 19.9 Å². The summed E-state index contributed by atoms with van der Waals surface area (Å²) in [6, 6.07) is 0. The molecule has 0 N–H and O–H groups in total. The fourth-order valence-corrected chi connectivity index (χ4v) is 1.78. The summed E-state index contributed by atoms with van der Waals surface area (Å²) < 4.78 is 21.7. The Morgan fingerprint density at radius 2 is 2.13 bits per heavy atom. The summed E-state index contributed by atoms with van der Waals surface area (Å²) in [5, 5.41) is 0. The van der Waals surface area contributed by atoms with Crippen molar-refractivity contribution < 1.29 is 18.9 Å². The molecule has 0 amide bonds. The van der Waals surface area contributed by atoms with Crippen LogP contribution >= 0.6 is 0 Å². The average Bonchev–Trinajstić information content (AvgIpc) is 2.63. The Morgan fingerprint density at radius 1 is 1.40 bits per heavy atom. The predicted octanol–water partition coefficient (Wildman–Crippen LogP) is 1.81. The summed E-state index contributed by atoms with van der Waals surface area (Å²) in [6.07, 6.45) is 3.81. The normalized spacial score (nSPS) is 29.7. The summed E-state index contributed by atoms with van der Waals surface area (Å²) in [5.41, 5.74) is 0. The van der Waals surface area contributed by atoms with Crippen molar-refractivity contribution in [2.45, 2.75) is 38.6 Å². The van der Waals surface area contributed by atoms with Crippen LogP contribution in [-0.2, 0) is 18.9 Å². The van der Waals surface area contributed by atoms with E-state index in [1.807, 2.05) is 19.9 Å². The van der Waals surface area contributed by atoms with Crippen molar-refractivity contribution >= 4 is 0 Å². The molecule has 4 heteroatoms. The van der Waals surface area contributed by atoms with Crippen molar-refractivity contribution in [3.63, 3.8) is 0 Å². The van der Waals surface area contributed by atoms with Crippen LogP contribution in [0.3, 0.4) is 0 Å². The number of rotatable bonds is 3. The lowest BCUT2D eigenvalue weighted by molar-refractivity contribution is -0.149. The lowest BCUT2D eigenvalue weighted by Gasteiger charge is -2.25. The van der Waals surface area contributed by atoms with Crippen LogP contribution in [-0.4, -0.2) is 31.9 Å². The maximum Gasteiger partial charge on any atom is 0.189 e. The van der Waals surface area contributed by atoms with Crippen molar-refractivity contribution in [3.05, 3.63) is 11.8 Å². The summed E-state index contributed by atoms with van der Waals surface area (Å²) in [6.45, 7) is 5.72. The minimum atomic E-state index is -0.425. The van der Waals surface area contributed by atoms with Crippen LogP contribution in [0, 0.1) is 0 Å². The molecule has 0 bridgehead atoms. The first kappa shape index (κ1) is 10.9. The highest BCUT2D eigenvalue weighted by Gasteiger charge is 2.31. The SMILES string of the molecule is C[C@@H]1C=C(CCC2(C)OCCO2)OCO1. The number of allylic oxidation sites excluding steroid dienone is 1. The van der Waals surface area contributed by atoms with Gasteiger partial charge >= 0.3 is 0 Å². The quantitative estimate of drug-likeness (QED) is 0.718. The number of ether oxygens (including phenoxy) is 4. The van der Waals surface area contributed by atoms with E-state index in [0.29, 0.717) is 20.0 Å². The van der Waals surface area contributed by atoms with E-state index >= 15 is 0 Å². The third kappa shape index (κ3) is 2.93. The van der Waals surface area contributed by atoms with Gasteiger partial charge in [-0.2, -0.15) is 0 Å². The molecule has 15 heavy (non-hydrogen) atoms. The Morgan fingerprint density at radius 3 is 2.80 bits per heavy atom. The molecule has 4 nitrogen and oxygen atoms in total. The molecule has 0 unspecified atom stereocenters. The van der Waals surface area contributed by atoms with Crippen LogP contribution < -0.4 is 0 Å². The minimum Gasteiger partial charge on any atom is -0.472 e. The van der Waals surface area contributed by atoms with Crippen LogP contribution in [0.25, 0.3) is 0 Å². The Kier molecular flexibility index (Phi) is 3.29. The first-order chi connectivity index (χ1) is 7.18. The summed E-state index contributed by atoms with van der Waals surface area (Å²) >= 11 is 0. The highest BCUT2D eigenvalue weighted by Crippen LogP contribution is 2.27. The first-order valence-corrected chi connectivity index (χ1v) is 5.41. The molecule has 1 atom stereocenters. The average molecular weight is 214 g/mol. The Bertz CT molecular complexity index is 243. The zero-order valence-electron chi connectivity index (χ0n) is 9.32. The molecule has 0 saturated carbocycles. The lowest BCUT2D eigenvalue weighted by Crippen LogP contribution is -2.26. The summed E-state index contributed by atoms with van der Waals surface area (Å²) in [4.78, 5) is 0. The van der Waals surface area contributed by atoms with Crippen LogP contribution in [0.4, 0.5) is 0 Å². The monoisotopic (exact) mass is 214 g/mol. The third-order valence-electron chi connectivity index (χ3n) is 2.72. The fraction of sp³-hybridized carbons (Fsp3) is 0.818. The van der Waals surface area contributed by atoms with Crippen LogP contribution in [0.2, 0.25) is 0 Å². The van der Waals surface area contributed by atoms with Gasteiger partial charge in [-0.1, -0.05) is 0 Å². The van der Waals surface area contributed by atoms with Crippen LogP contribution in [0.5, 0.6) is 0 Å². The first-order valence-electron chi connectivity index (χ1n) is 5.41. The van der Waals surface area contributed by atoms with E-state index in [1.165, 1.54) is 0 Å². The van der Waals surface area contributed by atoms with Crippen LogP contribution in [0.1, 0.15) is 26.7 Å². The number of hydrogen-bond donors (Lipinski definition) is 0. The Hall–Kier alpha value is -0.580. The second kappa shape index (κ2) is 4.51. The van der Waals surface area contributed by atoms with E-state index in [0.717, 1.165) is 18.6 Å². The van der Waals surface area contributed by atoms with Crippen LogP contribution in [0.15, 0.2) is 11.8 Å². The molecule has 0 radical (unpaired) electrons. The van der Waals surface area contributed by atoms with E-state index < -0.39 is 5.79 Å². The van der Waals surface area contributed by atoms with Gasteiger partial charge in [-0.3, -0.25) is 0 Å². The molecule has 2 heterocycles. The Balaban J connectivity index is 1.82. The summed E-state index contributed by atoms with van der Waals surface area (Å²) in [7, 11) is 0. The van der Waals surface area contributed by atoms with Gasteiger partial charge < -0.3 is 18.9 Å². The van der Waals surface area contributed by atoms with E-state index in [1.54, 1.807) is 0 Å². The summed E-state index contributed by atoms with van der Waals surface area (Å²) in [5.74, 6) is 0.556. The van der Waals surface area contributed by atoms with E-state index in [4.69, 9.17) is 18.9 Å². The van der Waals surface area contributed by atoms with E-state index in [2.05, 4.69) is 0 Å². The lowest BCUT2D eigenvalue weighted by atomic mass is 10.1. The molecular weight excluding hydrogens is 196 g/mol. The molecule has 0 spiro atoms. The molecule has 0 aromatic carbocycles. The molecule has 0 aromatic rings. The van der Waals surface area contributed by atoms with Crippen molar-refractivity contribution in [1.82, 2.24) is 0 Å². The van der Waals surface area contributed by atoms with Gasteiger partial charge in [0.25, 0.3) is 0 Å². The second-order valence-electron chi connectivity index (χ2n) is 4.10. The molecule has 0 aliphatic carbocycles. The Labute approximate surface area is 90.1 Å². The zero-order chi connectivity index (χ0) is 10.7. The van der Waals surface area contributed by atoms with E-state index in [-0.39, 0.29) is 6.10 Å². The molecule has 2 aliphatic rings. The highest BCUT2D eigenvalue weighted by molar-refractivity contribution is 4.99. The van der Waals surface area contributed by atoms with Gasteiger partial charge in [0.1, 0.15) is 0 Å². The molecule has 1 saturated heterocycles. The smallest absolute Gasteiger partial charge is 0.189 e. The molecule has 0 aromatic heterocycles. The minimum absolute atomic E-state index is 0.145. The van der Waals surface area contributed by atoms with Gasteiger partial charge in [0.2, 0.25) is 0 Å². The topological polar surface area (TPSA) is 36.9 Å². The molecule has 2 rings (SSSR count). The predicted molar refractivity (Wildman–Crippen MR) is 54.1 cm³/mol. The largest absolute Gasteiger partial charge is 0.472 e. The van der Waals surface area contributed by atoms with Gasteiger partial charge in [0.15, 0.2) is 12.6 Å². The van der Waals surface area contributed by atoms with Crippen molar-refractivity contribution in [2.24, 2.45) is 0 Å². The standard InChI is InChI=1S/C11H18O4/c1-9-7-10(13-8-12-9)3-4-11(2)14-5-6-15-11/h7,9H,3-6,8H2,1-2H3/t9-/m1/s1. The fourth-order valence-electron chi connectivity index (χ4n) is 1.78. The van der Waals surface area contributed by atoms with Gasteiger partial charge in [-0.25, -0.2) is 0 Å². The maximum absolute atomic E-state index is 5.52. The molecule has 86 valence electrons. The third-order valence-corrected chi connectivity index (χ3v) is 2.72. The van der Waals surface area contributed by atoms with Gasteiger partial charge in [0.05, 0.1) is 25.1 Å². The van der Waals surface area contributed by atoms with Crippen molar-refractivity contribution in [1.29, 1.82) is 0 Å². The van der Waals surface area contributed by atoms with E-state index in [9.17, 15) is 0 Å². The molecule has 2 aliphatic heterocycles. The van der Waals surface area contributed by atoms with Crippen molar-refractivity contribution in [3.8, 4) is 0 Å². The zero-order valence-corrected chi connectivity index (χ0v) is 9.32. The van der Waals surface area contributed by atoms with Gasteiger partial charge in [-0.15, -0.1) is 0 Å². The maximum atomic E-state index is 5.52.